The fourth-order valence-electron chi connectivity index (χ4n) is 3.37. The number of aliphatic hydroxyl groups is 1. The lowest BCUT2D eigenvalue weighted by Crippen LogP contribution is -2.46. The van der Waals surface area contributed by atoms with Crippen molar-refractivity contribution in [2.75, 3.05) is 32.7 Å². The molecule has 160 valence electrons. The van der Waals surface area contributed by atoms with Crippen molar-refractivity contribution in [2.45, 2.75) is 45.8 Å². The van der Waals surface area contributed by atoms with Gasteiger partial charge in [0.1, 0.15) is 0 Å². The molecule has 0 radical (unpaired) electrons. The molecular formula is C20H33Cl2IN4O. The Hall–Kier alpha value is -0.280. The van der Waals surface area contributed by atoms with Gasteiger partial charge in [-0.15, -0.1) is 24.0 Å². The van der Waals surface area contributed by atoms with Crippen LogP contribution in [0.2, 0.25) is 10.0 Å². The number of hydrogen-bond acceptors (Lipinski definition) is 3. The van der Waals surface area contributed by atoms with Crippen LogP contribution in [-0.2, 0) is 0 Å². The van der Waals surface area contributed by atoms with Gasteiger partial charge in [0, 0.05) is 35.7 Å². The predicted octanol–water partition coefficient (Wildman–Crippen LogP) is 4.32. The minimum Gasteiger partial charge on any atom is -0.386 e. The Balaban J connectivity index is 0.00000392. The maximum Gasteiger partial charge on any atom is 0.191 e. The number of hydrogen-bond donors (Lipinski definition) is 3. The number of likely N-dealkylation sites (tertiary alicyclic amines) is 1. The molecule has 0 aliphatic carbocycles. The lowest BCUT2D eigenvalue weighted by molar-refractivity contribution is 0.141. The van der Waals surface area contributed by atoms with E-state index in [9.17, 15) is 5.11 Å². The highest BCUT2D eigenvalue weighted by atomic mass is 127. The SMILES string of the molecule is CCNC(=NCC(O)c1cc(Cl)cc(Cl)c1)NCC1CCCN(C(C)C)C1.I. The molecule has 8 heteroatoms. The monoisotopic (exact) mass is 542 g/mol. The number of piperidine rings is 1. The molecule has 3 N–H and O–H groups in total. The molecule has 1 aliphatic rings. The summed E-state index contributed by atoms with van der Waals surface area (Å²) in [6.07, 6.45) is 1.73. The van der Waals surface area contributed by atoms with Gasteiger partial charge in [0.05, 0.1) is 12.6 Å². The summed E-state index contributed by atoms with van der Waals surface area (Å²) in [7, 11) is 0. The van der Waals surface area contributed by atoms with E-state index in [1.54, 1.807) is 18.2 Å². The van der Waals surface area contributed by atoms with Crippen LogP contribution in [0.5, 0.6) is 0 Å². The number of nitrogens with one attached hydrogen (secondary N) is 2. The second-order valence-corrected chi connectivity index (χ2v) is 8.29. The molecule has 0 aromatic heterocycles. The number of guanidine groups is 1. The third-order valence-corrected chi connectivity index (χ3v) is 5.31. The molecule has 2 rings (SSSR count). The van der Waals surface area contributed by atoms with Crippen molar-refractivity contribution in [3.05, 3.63) is 33.8 Å². The standard InChI is InChI=1S/C20H32Cl2N4O.HI/c1-4-23-20(24-11-15-6-5-7-26(13-15)14(2)3)25-12-19(27)16-8-17(21)10-18(22)9-16;/h8-10,14-15,19,27H,4-7,11-13H2,1-3H3,(H2,23,24,25);1H. The van der Waals surface area contributed by atoms with Crippen LogP contribution in [-0.4, -0.2) is 54.7 Å². The number of nitrogens with zero attached hydrogens (tertiary/aromatic N) is 2. The van der Waals surface area contributed by atoms with Crippen LogP contribution in [0.15, 0.2) is 23.2 Å². The zero-order valence-corrected chi connectivity index (χ0v) is 20.8. The Kier molecular flexibility index (Phi) is 12.1. The predicted molar refractivity (Wildman–Crippen MR) is 130 cm³/mol. The fourth-order valence-corrected chi connectivity index (χ4v) is 3.91. The zero-order valence-electron chi connectivity index (χ0n) is 16.9. The minimum absolute atomic E-state index is 0. The third-order valence-electron chi connectivity index (χ3n) is 4.88. The Labute approximate surface area is 196 Å². The molecule has 1 aromatic rings. The number of aliphatic imine (C=N–C) groups is 1. The van der Waals surface area contributed by atoms with Crippen LogP contribution < -0.4 is 10.6 Å². The first-order valence-electron chi connectivity index (χ1n) is 9.79. The van der Waals surface area contributed by atoms with E-state index >= 15 is 0 Å². The summed E-state index contributed by atoms with van der Waals surface area (Å²) in [4.78, 5) is 7.07. The summed E-state index contributed by atoms with van der Waals surface area (Å²) < 4.78 is 0. The van der Waals surface area contributed by atoms with Gasteiger partial charge < -0.3 is 20.6 Å². The summed E-state index contributed by atoms with van der Waals surface area (Å²) in [5.74, 6) is 1.34. The quantitative estimate of drug-likeness (QED) is 0.273. The van der Waals surface area contributed by atoms with Gasteiger partial charge in [0.25, 0.3) is 0 Å². The molecule has 0 amide bonds. The molecule has 1 saturated heterocycles. The molecule has 1 heterocycles. The summed E-state index contributed by atoms with van der Waals surface area (Å²) in [5.41, 5.74) is 0.673. The normalized spacial score (nSPS) is 19.2. The minimum atomic E-state index is -0.747. The van der Waals surface area contributed by atoms with Crippen molar-refractivity contribution in [1.29, 1.82) is 0 Å². The molecule has 0 bridgehead atoms. The van der Waals surface area contributed by atoms with Crippen molar-refractivity contribution >= 4 is 53.1 Å². The smallest absolute Gasteiger partial charge is 0.191 e. The number of benzene rings is 1. The summed E-state index contributed by atoms with van der Waals surface area (Å²) >= 11 is 12.0. The van der Waals surface area contributed by atoms with Gasteiger partial charge in [-0.1, -0.05) is 23.2 Å². The van der Waals surface area contributed by atoms with Gasteiger partial charge in [0.15, 0.2) is 5.96 Å². The Bertz CT molecular complexity index is 610. The summed E-state index contributed by atoms with van der Waals surface area (Å²) in [5, 5.41) is 18.1. The van der Waals surface area contributed by atoms with E-state index in [-0.39, 0.29) is 30.5 Å². The zero-order chi connectivity index (χ0) is 19.8. The highest BCUT2D eigenvalue weighted by Gasteiger charge is 2.21. The molecule has 1 aromatic carbocycles. The first-order chi connectivity index (χ1) is 12.9. The highest BCUT2D eigenvalue weighted by Crippen LogP contribution is 2.23. The van der Waals surface area contributed by atoms with Crippen molar-refractivity contribution in [3.8, 4) is 0 Å². The van der Waals surface area contributed by atoms with Gasteiger partial charge in [-0.2, -0.15) is 0 Å². The number of rotatable bonds is 7. The summed E-state index contributed by atoms with van der Waals surface area (Å²) in [6.45, 7) is 10.8. The van der Waals surface area contributed by atoms with Crippen LogP contribution in [0.1, 0.15) is 45.3 Å². The Morgan fingerprint density at radius 1 is 1.25 bits per heavy atom. The highest BCUT2D eigenvalue weighted by molar-refractivity contribution is 14.0. The van der Waals surface area contributed by atoms with E-state index in [0.29, 0.717) is 27.6 Å². The Morgan fingerprint density at radius 2 is 1.93 bits per heavy atom. The van der Waals surface area contributed by atoms with E-state index in [2.05, 4.69) is 34.4 Å². The molecule has 28 heavy (non-hydrogen) atoms. The second kappa shape index (κ2) is 13.1. The molecular weight excluding hydrogens is 510 g/mol. The van der Waals surface area contributed by atoms with E-state index in [1.165, 1.54) is 19.4 Å². The first-order valence-corrected chi connectivity index (χ1v) is 10.5. The average molecular weight is 543 g/mol. The molecule has 1 aliphatic heterocycles. The molecule has 0 saturated carbocycles. The second-order valence-electron chi connectivity index (χ2n) is 7.42. The largest absolute Gasteiger partial charge is 0.386 e. The van der Waals surface area contributed by atoms with Crippen molar-refractivity contribution in [1.82, 2.24) is 15.5 Å². The van der Waals surface area contributed by atoms with E-state index < -0.39 is 6.10 Å². The lowest BCUT2D eigenvalue weighted by Gasteiger charge is -2.35. The van der Waals surface area contributed by atoms with Gasteiger partial charge >= 0.3 is 0 Å². The van der Waals surface area contributed by atoms with Gasteiger partial charge in [0.2, 0.25) is 0 Å². The number of halogens is 3. The molecule has 5 nitrogen and oxygen atoms in total. The topological polar surface area (TPSA) is 59.9 Å². The van der Waals surface area contributed by atoms with E-state index in [0.717, 1.165) is 25.6 Å². The van der Waals surface area contributed by atoms with Crippen LogP contribution in [0.25, 0.3) is 0 Å². The van der Waals surface area contributed by atoms with Crippen molar-refractivity contribution in [3.63, 3.8) is 0 Å². The van der Waals surface area contributed by atoms with Crippen LogP contribution >= 0.6 is 47.2 Å². The van der Waals surface area contributed by atoms with Gasteiger partial charge in [-0.25, -0.2) is 0 Å². The number of aliphatic hydroxyl groups excluding tert-OH is 1. The molecule has 2 unspecified atom stereocenters. The van der Waals surface area contributed by atoms with E-state index in [4.69, 9.17) is 23.2 Å². The fraction of sp³-hybridized carbons (Fsp3) is 0.650. The lowest BCUT2D eigenvalue weighted by atomic mass is 9.97. The third kappa shape index (κ3) is 8.61. The van der Waals surface area contributed by atoms with Crippen LogP contribution in [0.3, 0.4) is 0 Å². The van der Waals surface area contributed by atoms with Crippen LogP contribution in [0.4, 0.5) is 0 Å². The molecule has 2 atom stereocenters. The maximum absolute atomic E-state index is 10.4. The summed E-state index contributed by atoms with van der Waals surface area (Å²) in [6, 6.07) is 5.68. The van der Waals surface area contributed by atoms with Crippen molar-refractivity contribution in [2.24, 2.45) is 10.9 Å². The Morgan fingerprint density at radius 3 is 2.54 bits per heavy atom. The average Bonchev–Trinajstić information content (AvgIpc) is 2.63. The van der Waals surface area contributed by atoms with Gasteiger partial charge in [-0.3, -0.25) is 4.99 Å². The van der Waals surface area contributed by atoms with Gasteiger partial charge in [-0.05, 0) is 69.8 Å². The van der Waals surface area contributed by atoms with E-state index in [1.807, 2.05) is 6.92 Å². The first kappa shape index (κ1) is 25.8. The van der Waals surface area contributed by atoms with Crippen LogP contribution in [0, 0.1) is 5.92 Å². The maximum atomic E-state index is 10.4. The van der Waals surface area contributed by atoms with Crippen molar-refractivity contribution < 1.29 is 5.11 Å². The molecule has 0 spiro atoms. The molecule has 1 fully saturated rings.